The zero-order valence-electron chi connectivity index (χ0n) is 54.1. The van der Waals surface area contributed by atoms with Crippen LogP contribution in [0.15, 0.2) is 0 Å². The van der Waals surface area contributed by atoms with E-state index in [1.54, 1.807) is 0 Å². The van der Waals surface area contributed by atoms with Gasteiger partial charge < -0.3 is 39.1 Å². The maximum absolute atomic E-state index is 13.9. The zero-order chi connectivity index (χ0) is 61.0. The van der Waals surface area contributed by atoms with Crippen molar-refractivity contribution in [2.45, 2.75) is 305 Å². The second-order valence-corrected chi connectivity index (χ2v) is 25.1. The summed E-state index contributed by atoms with van der Waals surface area (Å²) in [4.78, 5) is 89.0. The van der Waals surface area contributed by atoms with Gasteiger partial charge in [0.25, 0.3) is 0 Å². The molecule has 0 saturated heterocycles. The first-order valence-electron chi connectivity index (χ1n) is 33.0. The minimum absolute atomic E-state index is 0.00665. The van der Waals surface area contributed by atoms with Crippen molar-refractivity contribution in [3.63, 3.8) is 0 Å². The molecule has 0 bridgehead atoms. The van der Waals surface area contributed by atoms with E-state index in [4.69, 9.17) is 28.4 Å². The lowest BCUT2D eigenvalue weighted by molar-refractivity contribution is -0.131. The average Bonchev–Trinajstić information content (AvgIpc) is 3.46. The SMILES string of the molecule is CC(C)OCCCCC(=O)CCCCCCCCOCC(COCCC(=O)CCCCCC(=O)CCCCOC(C)C)(COCCC(=O)NCCCNC(=O)CCCCOC(C)C)CC(=O)CCCCCCCCCCC(=O)C(C)(C)C. The molecule has 0 aromatic carbocycles. The molecule has 15 nitrogen and oxygen atoms in total. The lowest BCUT2D eigenvalue weighted by Gasteiger charge is -2.33. The minimum Gasteiger partial charge on any atom is -0.381 e. The summed E-state index contributed by atoms with van der Waals surface area (Å²) in [6, 6.07) is 0. The van der Waals surface area contributed by atoms with Crippen LogP contribution in [0.25, 0.3) is 0 Å². The Morgan fingerprint density at radius 3 is 1.05 bits per heavy atom. The van der Waals surface area contributed by atoms with Crippen molar-refractivity contribution in [2.24, 2.45) is 10.8 Å². The summed E-state index contributed by atoms with van der Waals surface area (Å²) in [7, 11) is 0. The van der Waals surface area contributed by atoms with E-state index in [1.165, 1.54) is 0 Å². The highest BCUT2D eigenvalue weighted by Gasteiger charge is 2.34. The molecule has 0 heterocycles. The standard InChI is InChI=1S/C67H124N2O13/c1-56(2)80-47-30-26-37-59(70)34-21-16-14-15-19-29-46-77-53-67(52-62(73)39-22-17-12-10-11-13-18-25-40-63(74)66(7,8)9,54-78-50-42-61(72)36-24-20-23-35-60(71)38-27-31-48-81-57(3)4)55-79-51-43-65(76)69-45-33-44-68-64(75)41-28-32-49-82-58(5)6/h56-58H,10-55H2,1-9H3,(H,68,75)(H,69,76). The van der Waals surface area contributed by atoms with Gasteiger partial charge in [0.2, 0.25) is 11.8 Å². The largest absolute Gasteiger partial charge is 0.381 e. The van der Waals surface area contributed by atoms with Crippen molar-refractivity contribution in [1.82, 2.24) is 10.6 Å². The molecule has 0 aliphatic rings. The average molecular weight is 1170 g/mol. The first kappa shape index (κ1) is 79.0. The predicted octanol–water partition coefficient (Wildman–Crippen LogP) is 14.1. The maximum Gasteiger partial charge on any atom is 0.222 e. The Kier molecular flexibility index (Phi) is 51.6. The van der Waals surface area contributed by atoms with E-state index < -0.39 is 5.41 Å². The molecule has 0 fully saturated rings. The van der Waals surface area contributed by atoms with Crippen LogP contribution in [0.5, 0.6) is 0 Å². The summed E-state index contributed by atoms with van der Waals surface area (Å²) in [5.41, 5.74) is -1.11. The molecule has 2 N–H and O–H groups in total. The van der Waals surface area contributed by atoms with Crippen molar-refractivity contribution in [2.75, 3.05) is 72.6 Å². The number of carbonyl (C=O) groups is 7. The summed E-state index contributed by atoms with van der Waals surface area (Å²) in [5, 5.41) is 5.85. The van der Waals surface area contributed by atoms with E-state index >= 15 is 0 Å². The number of rotatable bonds is 62. The van der Waals surface area contributed by atoms with Crippen molar-refractivity contribution in [1.29, 1.82) is 0 Å². The number of ketones is 5. The summed E-state index contributed by atoms with van der Waals surface area (Å²) in [6.07, 6.45) is 27.5. The predicted molar refractivity (Wildman–Crippen MR) is 330 cm³/mol. The summed E-state index contributed by atoms with van der Waals surface area (Å²) in [5.74, 6) is 0.967. The number of Topliss-reactive ketones (excluding diaryl/α,β-unsaturated/α-hetero) is 5. The highest BCUT2D eigenvalue weighted by Crippen LogP contribution is 2.28. The fraction of sp³-hybridized carbons (Fsp3) is 0.896. The molecule has 1 unspecified atom stereocenters. The topological polar surface area (TPSA) is 199 Å². The van der Waals surface area contributed by atoms with Crippen LogP contribution in [0.3, 0.4) is 0 Å². The van der Waals surface area contributed by atoms with E-state index in [1.807, 2.05) is 62.3 Å². The quantitative estimate of drug-likeness (QED) is 0.0546. The third-order valence-electron chi connectivity index (χ3n) is 14.5. The Morgan fingerprint density at radius 2 is 0.622 bits per heavy atom. The normalized spacial score (nSPS) is 12.6. The van der Waals surface area contributed by atoms with Crippen LogP contribution in [0.4, 0.5) is 0 Å². The zero-order valence-corrected chi connectivity index (χ0v) is 54.1. The van der Waals surface area contributed by atoms with Gasteiger partial charge in [-0.2, -0.15) is 0 Å². The van der Waals surface area contributed by atoms with Crippen molar-refractivity contribution < 1.29 is 62.0 Å². The van der Waals surface area contributed by atoms with Crippen molar-refractivity contribution in [3.8, 4) is 0 Å². The van der Waals surface area contributed by atoms with Crippen LogP contribution < -0.4 is 10.6 Å². The number of ether oxygens (including phenoxy) is 6. The van der Waals surface area contributed by atoms with Crippen LogP contribution in [0, 0.1) is 10.8 Å². The van der Waals surface area contributed by atoms with Gasteiger partial charge in [-0.3, -0.25) is 33.6 Å². The smallest absolute Gasteiger partial charge is 0.222 e. The Balaban J connectivity index is 5.51. The number of hydrogen-bond acceptors (Lipinski definition) is 13. The second kappa shape index (κ2) is 53.5. The van der Waals surface area contributed by atoms with Crippen LogP contribution in [0.2, 0.25) is 0 Å². The van der Waals surface area contributed by atoms with Gasteiger partial charge in [-0.05, 0) is 125 Å². The molecule has 480 valence electrons. The molecular weight excluding hydrogens is 1040 g/mol. The van der Waals surface area contributed by atoms with Gasteiger partial charge in [-0.1, -0.05) is 91.4 Å². The van der Waals surface area contributed by atoms with Crippen LogP contribution >= 0.6 is 0 Å². The van der Waals surface area contributed by atoms with Gasteiger partial charge >= 0.3 is 0 Å². The molecule has 2 amide bonds. The van der Waals surface area contributed by atoms with Crippen molar-refractivity contribution in [3.05, 3.63) is 0 Å². The number of carbonyl (C=O) groups excluding carboxylic acids is 7. The second-order valence-electron chi connectivity index (χ2n) is 25.1. The molecule has 0 aliphatic carbocycles. The van der Waals surface area contributed by atoms with Crippen LogP contribution in [-0.2, 0) is 62.0 Å². The van der Waals surface area contributed by atoms with E-state index in [0.29, 0.717) is 109 Å². The van der Waals surface area contributed by atoms with Crippen LogP contribution in [0.1, 0.15) is 287 Å². The summed E-state index contributed by atoms with van der Waals surface area (Å²) < 4.78 is 35.6. The third-order valence-corrected chi connectivity index (χ3v) is 14.5. The van der Waals surface area contributed by atoms with Gasteiger partial charge in [0, 0.05) is 121 Å². The van der Waals surface area contributed by atoms with Gasteiger partial charge in [0.05, 0.1) is 51.3 Å². The Labute approximate surface area is 500 Å². The molecule has 0 aliphatic heterocycles. The first-order chi connectivity index (χ1) is 39.2. The van der Waals surface area contributed by atoms with Crippen LogP contribution in [-0.4, -0.2) is 132 Å². The Hall–Kier alpha value is -2.95. The van der Waals surface area contributed by atoms with Gasteiger partial charge in [0.15, 0.2) is 0 Å². The molecule has 0 aromatic heterocycles. The third kappa shape index (κ3) is 53.8. The maximum atomic E-state index is 13.9. The lowest BCUT2D eigenvalue weighted by Crippen LogP contribution is -2.40. The fourth-order valence-electron chi connectivity index (χ4n) is 9.39. The van der Waals surface area contributed by atoms with E-state index in [-0.39, 0.29) is 105 Å². The minimum atomic E-state index is -0.827. The lowest BCUT2D eigenvalue weighted by atomic mass is 9.83. The molecule has 0 radical (unpaired) electrons. The molecule has 0 aromatic rings. The monoisotopic (exact) mass is 1160 g/mol. The van der Waals surface area contributed by atoms with E-state index in [0.717, 1.165) is 148 Å². The molecule has 0 saturated carbocycles. The Morgan fingerprint density at radius 1 is 0.317 bits per heavy atom. The molecule has 0 rings (SSSR count). The Bertz CT molecular complexity index is 1570. The number of amides is 2. The number of nitrogens with one attached hydrogen (secondary N) is 2. The van der Waals surface area contributed by atoms with E-state index in [9.17, 15) is 33.6 Å². The first-order valence-corrected chi connectivity index (χ1v) is 33.0. The van der Waals surface area contributed by atoms with Gasteiger partial charge in [-0.25, -0.2) is 0 Å². The van der Waals surface area contributed by atoms with E-state index in [2.05, 4.69) is 10.6 Å². The highest BCUT2D eigenvalue weighted by atomic mass is 16.5. The fourth-order valence-corrected chi connectivity index (χ4v) is 9.39. The molecule has 15 heteroatoms. The number of unbranched alkanes of at least 4 members (excludes halogenated alkanes) is 17. The highest BCUT2D eigenvalue weighted by molar-refractivity contribution is 5.83. The molecular formula is C67H124N2O13. The summed E-state index contributed by atoms with van der Waals surface area (Å²) >= 11 is 0. The number of hydrogen-bond donors (Lipinski definition) is 2. The molecule has 1 atom stereocenters. The van der Waals surface area contributed by atoms with Gasteiger partial charge in [0.1, 0.15) is 28.9 Å². The molecule has 82 heavy (non-hydrogen) atoms. The summed E-state index contributed by atoms with van der Waals surface area (Å²) in [6.45, 7) is 22.3. The van der Waals surface area contributed by atoms with Gasteiger partial charge in [-0.15, -0.1) is 0 Å². The molecule has 0 spiro atoms. The van der Waals surface area contributed by atoms with Crippen molar-refractivity contribution >= 4 is 40.7 Å².